The Hall–Kier alpha value is -1.01. The quantitative estimate of drug-likeness (QED) is 0.362. The Balaban J connectivity index is 0.000000620. The number of thioether (sulfide) groups is 1. The van der Waals surface area contributed by atoms with E-state index < -0.39 is 19.5 Å². The molecule has 0 aliphatic carbocycles. The van der Waals surface area contributed by atoms with Gasteiger partial charge in [-0.3, -0.25) is 0 Å². The molecule has 0 fully saturated rings. The van der Waals surface area contributed by atoms with Crippen molar-refractivity contribution < 1.29 is 23.0 Å². The van der Waals surface area contributed by atoms with Gasteiger partial charge < -0.3 is 4.74 Å². The van der Waals surface area contributed by atoms with Crippen molar-refractivity contribution in [2.75, 3.05) is 7.11 Å². The Labute approximate surface area is 144 Å². The van der Waals surface area contributed by atoms with Crippen molar-refractivity contribution in [1.82, 2.24) is 0 Å². The summed E-state index contributed by atoms with van der Waals surface area (Å²) >= 11 is -9.32. The van der Waals surface area contributed by atoms with E-state index in [9.17, 15) is 16.9 Å². The summed E-state index contributed by atoms with van der Waals surface area (Å²) in [5.41, 5.74) is 2.72. The third-order valence-electron chi connectivity index (χ3n) is 2.54. The summed E-state index contributed by atoms with van der Waals surface area (Å²) in [5, 5.41) is 0. The molecule has 1 nitrogen and oxygen atoms in total. The van der Waals surface area contributed by atoms with E-state index in [1.165, 1.54) is 11.1 Å². The van der Waals surface area contributed by atoms with Gasteiger partial charge in [0, 0.05) is 11.5 Å². The molecule has 0 atom stereocenters. The van der Waals surface area contributed by atoms with Crippen molar-refractivity contribution >= 4 is 31.2 Å². The van der Waals surface area contributed by atoms with Crippen molar-refractivity contribution in [1.29, 1.82) is 0 Å². The molecule has 0 aliphatic heterocycles. The van der Waals surface area contributed by atoms with E-state index in [4.69, 9.17) is 4.74 Å². The molecule has 0 saturated heterocycles. The second-order valence-electron chi connectivity index (χ2n) is 4.78. The second kappa shape index (κ2) is 7.48. The van der Waals surface area contributed by atoms with Gasteiger partial charge in [0.15, 0.2) is 0 Å². The summed E-state index contributed by atoms with van der Waals surface area (Å²) in [6.07, 6.45) is 0. The SMILES string of the molecule is COc1ccc(CSCc2ccccc2)cc1.[F][Sb-]([F])([F])([F])([F])[F].[H+]. The van der Waals surface area contributed by atoms with Gasteiger partial charge in [-0.25, -0.2) is 0 Å². The number of hydrogen-bond donors (Lipinski definition) is 0. The number of hydrogen-bond acceptors (Lipinski definition) is 2. The van der Waals surface area contributed by atoms with Crippen LogP contribution in [-0.2, 0) is 11.5 Å². The molecule has 0 N–H and O–H groups in total. The fourth-order valence-electron chi connectivity index (χ4n) is 1.58. The molecule has 0 saturated carbocycles. The predicted octanol–water partition coefficient (Wildman–Crippen LogP) is 6.38. The monoisotopic (exact) mass is 480 g/mol. The zero-order valence-corrected chi connectivity index (χ0v) is 16.0. The fourth-order valence-corrected chi connectivity index (χ4v) is 2.54. The Morgan fingerprint density at radius 1 is 0.792 bits per heavy atom. The Morgan fingerprint density at radius 3 is 1.62 bits per heavy atom. The van der Waals surface area contributed by atoms with Crippen LogP contribution in [0.15, 0.2) is 54.6 Å². The summed E-state index contributed by atoms with van der Waals surface area (Å²) in [6, 6.07) is 18.8. The maximum absolute atomic E-state index is 11.2. The van der Waals surface area contributed by atoms with Crippen molar-refractivity contribution in [3.8, 4) is 5.75 Å². The Morgan fingerprint density at radius 2 is 1.21 bits per heavy atom. The van der Waals surface area contributed by atoms with Crippen LogP contribution in [0.5, 0.6) is 5.75 Å². The molecule has 0 amide bonds. The molecule has 0 aromatic heterocycles. The molecule has 2 rings (SSSR count). The van der Waals surface area contributed by atoms with E-state index in [0.717, 1.165) is 17.3 Å². The first-order valence-corrected chi connectivity index (χ1v) is 13.6. The van der Waals surface area contributed by atoms with Gasteiger partial charge in [0.2, 0.25) is 0 Å². The van der Waals surface area contributed by atoms with Crippen LogP contribution < -0.4 is 4.74 Å². The Bertz CT molecular complexity index is 623. The van der Waals surface area contributed by atoms with Gasteiger partial charge in [-0.2, -0.15) is 11.8 Å². The molecule has 0 spiro atoms. The number of rotatable bonds is 5. The molecule has 136 valence electrons. The molecule has 0 radical (unpaired) electrons. The minimum Gasteiger partial charge on any atom is 1.00 e. The Kier molecular flexibility index (Phi) is 6.55. The average Bonchev–Trinajstić information content (AvgIpc) is 2.46. The van der Waals surface area contributed by atoms with E-state index in [0.29, 0.717) is 0 Å². The van der Waals surface area contributed by atoms with Gasteiger partial charge in [-0.05, 0) is 23.3 Å². The van der Waals surface area contributed by atoms with Crippen LogP contribution in [0.1, 0.15) is 12.6 Å². The summed E-state index contributed by atoms with van der Waals surface area (Å²) in [6.45, 7) is 0. The summed E-state index contributed by atoms with van der Waals surface area (Å²) in [7, 11) is 1.69. The zero-order valence-electron chi connectivity index (χ0n) is 13.6. The van der Waals surface area contributed by atoms with Gasteiger partial charge in [-0.15, -0.1) is 0 Å². The van der Waals surface area contributed by atoms with Crippen molar-refractivity contribution in [3.05, 3.63) is 65.7 Å². The van der Waals surface area contributed by atoms with Crippen molar-refractivity contribution in [2.24, 2.45) is 0 Å². The van der Waals surface area contributed by atoms with Crippen molar-refractivity contribution in [2.45, 2.75) is 11.5 Å². The zero-order chi connectivity index (χ0) is 18.3. The van der Waals surface area contributed by atoms with Crippen molar-refractivity contribution in [3.63, 3.8) is 0 Å². The number of methoxy groups -OCH3 is 1. The molecule has 2 aromatic rings. The molecule has 0 bridgehead atoms. The van der Waals surface area contributed by atoms with E-state index in [1.54, 1.807) is 7.11 Å². The van der Waals surface area contributed by atoms with Crippen LogP contribution in [0.25, 0.3) is 0 Å². The van der Waals surface area contributed by atoms with Gasteiger partial charge in [0.05, 0.1) is 7.11 Å². The van der Waals surface area contributed by atoms with E-state index in [2.05, 4.69) is 42.5 Å². The van der Waals surface area contributed by atoms with E-state index in [1.807, 2.05) is 23.9 Å². The first-order chi connectivity index (χ1) is 10.8. The van der Waals surface area contributed by atoms with Crippen LogP contribution in [0.4, 0.5) is 16.9 Å². The number of halogens is 6. The number of ether oxygens (including phenoxy) is 1. The molecule has 24 heavy (non-hydrogen) atoms. The smallest absolute Gasteiger partial charge is 1.00 e. The van der Waals surface area contributed by atoms with Crippen LogP contribution in [0, 0.1) is 0 Å². The maximum Gasteiger partial charge on any atom is 1.00 e. The fraction of sp³-hybridized carbons (Fsp3) is 0.200. The molecule has 9 heteroatoms. The van der Waals surface area contributed by atoms with Crippen LogP contribution >= 0.6 is 11.8 Å². The average molecular weight is 481 g/mol. The van der Waals surface area contributed by atoms with Gasteiger partial charge >= 0.3 is 37.8 Å². The van der Waals surface area contributed by atoms with Crippen LogP contribution in [0.3, 0.4) is 0 Å². The van der Waals surface area contributed by atoms with Crippen LogP contribution in [-0.4, -0.2) is 26.6 Å². The molecular weight excluding hydrogens is 464 g/mol. The summed E-state index contributed by atoms with van der Waals surface area (Å²) < 4.78 is 64.7. The standard InChI is InChI=1S/C15H16OS.6FH.Sb/c1-16-15-9-7-14(8-10-15)12-17-11-13-5-3-2-4-6-13;;;;;;;/h2-10H,11-12H2,1H3;6*1H;/q;;;;;;;+5/p-5. The third kappa shape index (κ3) is 13.4. The second-order valence-corrected chi connectivity index (χ2v) is 11.2. The van der Waals surface area contributed by atoms with E-state index in [-0.39, 0.29) is 1.43 Å². The largest absolute Gasteiger partial charge is 1.00 e. The topological polar surface area (TPSA) is 9.23 Å². The normalized spacial score (nSPS) is 14.0. The molecule has 0 unspecified atom stereocenters. The maximum atomic E-state index is 9.93. The van der Waals surface area contributed by atoms with E-state index >= 15 is 0 Å². The van der Waals surface area contributed by atoms with Gasteiger partial charge in [0.1, 0.15) is 5.75 Å². The number of benzene rings is 2. The molecule has 2 aromatic carbocycles. The van der Waals surface area contributed by atoms with Gasteiger partial charge in [-0.1, -0.05) is 42.5 Å². The van der Waals surface area contributed by atoms with Crippen LogP contribution in [0.2, 0.25) is 0 Å². The molecule has 0 heterocycles. The van der Waals surface area contributed by atoms with Gasteiger partial charge in [0.25, 0.3) is 0 Å². The minimum absolute atomic E-state index is 0. The molecular formula is C15H17F6OSSb. The molecule has 0 aliphatic rings. The predicted molar refractivity (Wildman–Crippen MR) is 87.9 cm³/mol. The first-order valence-electron chi connectivity index (χ1n) is 6.64. The summed E-state index contributed by atoms with van der Waals surface area (Å²) in [5.74, 6) is 3.02. The summed E-state index contributed by atoms with van der Waals surface area (Å²) in [4.78, 5) is 0. The third-order valence-corrected chi connectivity index (χ3v) is 3.61. The minimum atomic E-state index is -11.2. The first kappa shape index (κ1) is 21.0.